The second-order valence-corrected chi connectivity index (χ2v) is 9.90. The molecule has 1 aromatic rings. The van der Waals surface area contributed by atoms with Gasteiger partial charge in [-0.15, -0.1) is 0 Å². The molecular formula is C17H24FNO2S2. The Bertz CT molecular complexity index is 629. The van der Waals surface area contributed by atoms with Crippen LogP contribution in [0.3, 0.4) is 0 Å². The number of rotatable bonds is 3. The molecule has 1 heterocycles. The zero-order chi connectivity index (χ0) is 16.3. The summed E-state index contributed by atoms with van der Waals surface area (Å²) in [5.41, 5.74) is 0.703. The maximum atomic E-state index is 14.0. The minimum absolute atomic E-state index is 0.0442. The molecule has 1 saturated carbocycles. The molecule has 2 aliphatic rings. The highest BCUT2D eigenvalue weighted by molar-refractivity contribution is 7.99. The average molecular weight is 358 g/mol. The minimum atomic E-state index is -3.20. The molecule has 0 aromatic heterocycles. The van der Waals surface area contributed by atoms with E-state index in [1.54, 1.807) is 22.1 Å². The Labute approximate surface area is 142 Å². The molecule has 0 amide bonds. The Balaban J connectivity index is 1.70. The summed E-state index contributed by atoms with van der Waals surface area (Å²) >= 11 is 1.67. The molecule has 1 aliphatic heterocycles. The molecule has 23 heavy (non-hydrogen) atoms. The van der Waals surface area contributed by atoms with Crippen molar-refractivity contribution < 1.29 is 12.8 Å². The number of benzene rings is 1. The van der Waals surface area contributed by atoms with Crippen molar-refractivity contribution in [2.45, 2.75) is 49.0 Å². The topological polar surface area (TPSA) is 37.4 Å². The lowest BCUT2D eigenvalue weighted by Gasteiger charge is -2.28. The highest BCUT2D eigenvalue weighted by atomic mass is 32.2. The van der Waals surface area contributed by atoms with Gasteiger partial charge in [0.25, 0.3) is 0 Å². The maximum Gasteiger partial charge on any atom is 0.217 e. The quantitative estimate of drug-likeness (QED) is 0.821. The Morgan fingerprint density at radius 3 is 2.52 bits per heavy atom. The van der Waals surface area contributed by atoms with E-state index in [9.17, 15) is 12.8 Å². The van der Waals surface area contributed by atoms with Gasteiger partial charge in [0, 0.05) is 29.7 Å². The van der Waals surface area contributed by atoms with Crippen LogP contribution in [0, 0.1) is 5.82 Å². The number of halogens is 1. The van der Waals surface area contributed by atoms with E-state index < -0.39 is 10.0 Å². The predicted molar refractivity (Wildman–Crippen MR) is 93.6 cm³/mol. The second-order valence-electron chi connectivity index (χ2n) is 6.37. The molecule has 0 N–H and O–H groups in total. The van der Waals surface area contributed by atoms with Gasteiger partial charge in [0.2, 0.25) is 10.0 Å². The number of hydrogen-bond acceptors (Lipinski definition) is 3. The van der Waals surface area contributed by atoms with Crippen LogP contribution in [0.4, 0.5) is 4.39 Å². The summed E-state index contributed by atoms with van der Waals surface area (Å²) < 4.78 is 41.3. The lowest BCUT2D eigenvalue weighted by atomic mass is 10.0. The smallest absolute Gasteiger partial charge is 0.212 e. The second kappa shape index (κ2) is 7.53. The highest BCUT2D eigenvalue weighted by Crippen LogP contribution is 2.37. The fraction of sp³-hybridized carbons (Fsp3) is 0.647. The minimum Gasteiger partial charge on any atom is -0.212 e. The average Bonchev–Trinajstić information content (AvgIpc) is 2.83. The van der Waals surface area contributed by atoms with Gasteiger partial charge in [0.15, 0.2) is 0 Å². The lowest BCUT2D eigenvalue weighted by molar-refractivity contribution is 0.398. The summed E-state index contributed by atoms with van der Waals surface area (Å²) in [6.45, 7) is 1.05. The van der Waals surface area contributed by atoms with Gasteiger partial charge in [0.1, 0.15) is 5.82 Å². The van der Waals surface area contributed by atoms with E-state index in [1.807, 2.05) is 12.1 Å². The molecule has 6 heteroatoms. The van der Waals surface area contributed by atoms with Crippen molar-refractivity contribution in [1.82, 2.24) is 4.31 Å². The van der Waals surface area contributed by atoms with Gasteiger partial charge in [0.05, 0.1) is 5.25 Å². The SMILES string of the molecule is O=S(=O)(C1CCCCC1)N1CCS[C@@H](c2ccccc2F)CC1. The number of sulfonamides is 1. The number of nitrogens with zero attached hydrogens (tertiary/aromatic N) is 1. The third-order valence-electron chi connectivity index (χ3n) is 4.89. The van der Waals surface area contributed by atoms with E-state index in [0.717, 1.165) is 37.9 Å². The van der Waals surface area contributed by atoms with Crippen LogP contribution in [0.15, 0.2) is 24.3 Å². The summed E-state index contributed by atoms with van der Waals surface area (Å²) in [7, 11) is -3.20. The van der Waals surface area contributed by atoms with Crippen LogP contribution in [0.2, 0.25) is 0 Å². The molecule has 0 radical (unpaired) electrons. The van der Waals surface area contributed by atoms with Crippen molar-refractivity contribution in [2.75, 3.05) is 18.8 Å². The molecule has 1 aromatic carbocycles. The van der Waals surface area contributed by atoms with E-state index >= 15 is 0 Å². The Morgan fingerprint density at radius 1 is 1.04 bits per heavy atom. The van der Waals surface area contributed by atoms with Crippen LogP contribution in [0.1, 0.15) is 49.3 Å². The molecule has 0 unspecified atom stereocenters. The van der Waals surface area contributed by atoms with E-state index in [-0.39, 0.29) is 16.3 Å². The molecule has 0 bridgehead atoms. The first-order valence-corrected chi connectivity index (χ1v) is 11.0. The molecule has 1 aliphatic carbocycles. The summed E-state index contributed by atoms with van der Waals surface area (Å²) in [4.78, 5) is 0. The summed E-state index contributed by atoms with van der Waals surface area (Å²) in [5.74, 6) is 0.541. The van der Waals surface area contributed by atoms with Crippen LogP contribution < -0.4 is 0 Å². The summed E-state index contributed by atoms with van der Waals surface area (Å²) in [6.07, 6.45) is 5.45. The molecule has 3 nitrogen and oxygen atoms in total. The van der Waals surface area contributed by atoms with Gasteiger partial charge in [-0.1, -0.05) is 37.5 Å². The van der Waals surface area contributed by atoms with Gasteiger partial charge in [-0.3, -0.25) is 0 Å². The molecule has 128 valence electrons. The Kier molecular flexibility index (Phi) is 5.65. The van der Waals surface area contributed by atoms with Crippen molar-refractivity contribution in [2.24, 2.45) is 0 Å². The van der Waals surface area contributed by atoms with E-state index in [4.69, 9.17) is 0 Å². The van der Waals surface area contributed by atoms with Crippen LogP contribution >= 0.6 is 11.8 Å². The van der Waals surface area contributed by atoms with Crippen molar-refractivity contribution in [3.8, 4) is 0 Å². The maximum absolute atomic E-state index is 14.0. The Morgan fingerprint density at radius 2 is 1.78 bits per heavy atom. The first-order chi connectivity index (χ1) is 11.1. The summed E-state index contributed by atoms with van der Waals surface area (Å²) in [6, 6.07) is 6.84. The van der Waals surface area contributed by atoms with Gasteiger partial charge in [-0.05, 0) is 25.3 Å². The van der Waals surface area contributed by atoms with Crippen LogP contribution in [0.5, 0.6) is 0 Å². The van der Waals surface area contributed by atoms with Crippen LogP contribution in [0.25, 0.3) is 0 Å². The summed E-state index contributed by atoms with van der Waals surface area (Å²) in [5, 5.41) is -0.158. The van der Waals surface area contributed by atoms with Crippen molar-refractivity contribution in [3.63, 3.8) is 0 Å². The van der Waals surface area contributed by atoms with E-state index in [2.05, 4.69) is 0 Å². The van der Waals surface area contributed by atoms with Gasteiger partial charge in [-0.2, -0.15) is 11.8 Å². The predicted octanol–water partition coefficient (Wildman–Crippen LogP) is 3.97. The first kappa shape index (κ1) is 17.2. The van der Waals surface area contributed by atoms with Crippen LogP contribution in [-0.4, -0.2) is 36.8 Å². The third kappa shape index (κ3) is 3.91. The van der Waals surface area contributed by atoms with Crippen molar-refractivity contribution in [1.29, 1.82) is 0 Å². The zero-order valence-corrected chi connectivity index (χ0v) is 14.9. The van der Waals surface area contributed by atoms with E-state index in [1.165, 1.54) is 6.07 Å². The molecule has 1 atom stereocenters. The molecule has 2 fully saturated rings. The number of hydrogen-bond donors (Lipinski definition) is 0. The van der Waals surface area contributed by atoms with Gasteiger partial charge < -0.3 is 0 Å². The molecular weight excluding hydrogens is 333 g/mol. The van der Waals surface area contributed by atoms with E-state index in [0.29, 0.717) is 25.1 Å². The molecule has 3 rings (SSSR count). The zero-order valence-electron chi connectivity index (χ0n) is 13.3. The van der Waals surface area contributed by atoms with Gasteiger partial charge in [-0.25, -0.2) is 17.1 Å². The standard InChI is InChI=1S/C17H24FNO2S2/c18-16-9-5-4-8-15(16)17-10-11-19(12-13-22-17)23(20,21)14-6-2-1-3-7-14/h4-5,8-9,14,17H,1-3,6-7,10-13H2/t17-/m1/s1. The highest BCUT2D eigenvalue weighted by Gasteiger charge is 2.34. The Hall–Kier alpha value is -0.590. The van der Waals surface area contributed by atoms with Crippen molar-refractivity contribution in [3.05, 3.63) is 35.6 Å². The number of thioether (sulfide) groups is 1. The third-order valence-corrected chi connectivity index (χ3v) is 8.59. The van der Waals surface area contributed by atoms with Gasteiger partial charge >= 0.3 is 0 Å². The first-order valence-electron chi connectivity index (χ1n) is 8.44. The fourth-order valence-corrected chi connectivity index (χ4v) is 6.99. The fourth-order valence-electron chi connectivity index (χ4n) is 3.56. The monoisotopic (exact) mass is 357 g/mol. The van der Waals surface area contributed by atoms with Crippen LogP contribution in [-0.2, 0) is 10.0 Å². The molecule has 0 spiro atoms. The van der Waals surface area contributed by atoms with Crippen molar-refractivity contribution >= 4 is 21.8 Å². The largest absolute Gasteiger partial charge is 0.217 e. The molecule has 1 saturated heterocycles. The normalized spacial score (nSPS) is 25.2. The lowest BCUT2D eigenvalue weighted by Crippen LogP contribution is -2.40.